The molecule has 4 atom stereocenters. The van der Waals surface area contributed by atoms with Gasteiger partial charge in [-0.1, -0.05) is 12.1 Å². The van der Waals surface area contributed by atoms with Crippen LogP contribution in [-0.4, -0.2) is 54.4 Å². The van der Waals surface area contributed by atoms with Crippen molar-refractivity contribution in [3.8, 4) is 0 Å². The van der Waals surface area contributed by atoms with E-state index in [1.54, 1.807) is 4.68 Å². The van der Waals surface area contributed by atoms with Gasteiger partial charge >= 0.3 is 0 Å². The Balaban J connectivity index is 1.24. The Bertz CT molecular complexity index is 1150. The molecule has 1 saturated heterocycles. The molecule has 1 aromatic carbocycles. The summed E-state index contributed by atoms with van der Waals surface area (Å²) in [7, 11) is 1.90. The molecule has 1 amide bonds. The van der Waals surface area contributed by atoms with Crippen molar-refractivity contribution in [1.29, 1.82) is 0 Å². The number of amides is 1. The van der Waals surface area contributed by atoms with E-state index in [-0.39, 0.29) is 11.9 Å². The normalized spacial score (nSPS) is 28.0. The van der Waals surface area contributed by atoms with Crippen molar-refractivity contribution < 1.29 is 9.90 Å². The Labute approximate surface area is 181 Å². The molecule has 0 spiro atoms. The minimum Gasteiger partial charge on any atom is -0.391 e. The Morgan fingerprint density at radius 3 is 2.74 bits per heavy atom. The number of benzene rings is 1. The number of para-hydroxylation sites is 2. The predicted molar refractivity (Wildman–Crippen MR) is 117 cm³/mol. The molecule has 1 N–H and O–H groups in total. The molecule has 6 rings (SSSR count). The van der Waals surface area contributed by atoms with E-state index in [1.165, 1.54) is 0 Å². The molecule has 3 heterocycles. The van der Waals surface area contributed by atoms with Crippen LogP contribution in [0, 0.1) is 11.8 Å². The zero-order valence-electron chi connectivity index (χ0n) is 17.9. The van der Waals surface area contributed by atoms with Crippen molar-refractivity contribution >= 4 is 16.9 Å². The number of imidazole rings is 1. The molecule has 162 valence electrons. The first-order chi connectivity index (χ1) is 15.1. The van der Waals surface area contributed by atoms with E-state index < -0.39 is 6.10 Å². The minimum absolute atomic E-state index is 0.00756. The molecular formula is C24H29N5O2. The molecule has 1 saturated carbocycles. The third kappa shape index (κ3) is 3.01. The van der Waals surface area contributed by atoms with E-state index in [9.17, 15) is 9.90 Å². The van der Waals surface area contributed by atoms with Gasteiger partial charge in [0, 0.05) is 25.7 Å². The van der Waals surface area contributed by atoms with Crippen molar-refractivity contribution in [2.45, 2.75) is 50.7 Å². The lowest BCUT2D eigenvalue weighted by atomic mass is 9.77. The lowest BCUT2D eigenvalue weighted by Crippen LogP contribution is -2.36. The molecule has 1 aliphatic heterocycles. The fourth-order valence-corrected chi connectivity index (χ4v) is 6.21. The summed E-state index contributed by atoms with van der Waals surface area (Å²) in [5.74, 6) is 0.878. The summed E-state index contributed by atoms with van der Waals surface area (Å²) in [5.41, 5.74) is 5.08. The molecule has 2 fully saturated rings. The number of nitrogens with zero attached hydrogens (tertiary/aromatic N) is 5. The first-order valence-corrected chi connectivity index (χ1v) is 11.5. The van der Waals surface area contributed by atoms with Crippen molar-refractivity contribution in [3.05, 3.63) is 47.5 Å². The van der Waals surface area contributed by atoms with Crippen LogP contribution in [-0.2, 0) is 19.9 Å². The number of carbonyl (C=O) groups is 1. The molecule has 0 unspecified atom stereocenters. The van der Waals surface area contributed by atoms with E-state index in [1.807, 2.05) is 36.5 Å². The number of hydrogen-bond donors (Lipinski definition) is 1. The number of aromatic nitrogens is 4. The third-order valence-corrected chi connectivity index (χ3v) is 7.76. The standard InChI is InChI=1S/C24H29N5O2/c1-27-23(17-6-2-3-7-18(17)26-27)24(31)28-12-15-10-21(22(30)11-16(15)13-28)29-14-25-19-8-4-5-9-20(19)29/h4-5,8-9,14-16,21-22,30H,2-3,6-7,10-13H2,1H3/t15-,16+,21-,22-/m1/s1. The zero-order valence-corrected chi connectivity index (χ0v) is 17.9. The lowest BCUT2D eigenvalue weighted by molar-refractivity contribution is 0.0374. The van der Waals surface area contributed by atoms with Crippen LogP contribution in [0.5, 0.6) is 0 Å². The highest BCUT2D eigenvalue weighted by atomic mass is 16.3. The van der Waals surface area contributed by atoms with Gasteiger partial charge in [0.05, 0.1) is 35.2 Å². The summed E-state index contributed by atoms with van der Waals surface area (Å²) in [6.07, 6.45) is 7.28. The summed E-state index contributed by atoms with van der Waals surface area (Å²) in [5, 5.41) is 15.6. The van der Waals surface area contributed by atoms with Crippen LogP contribution in [0.1, 0.15) is 53.5 Å². The molecule has 0 bridgehead atoms. The maximum absolute atomic E-state index is 13.5. The molecule has 2 aromatic heterocycles. The molecule has 3 aliphatic rings. The molecule has 0 radical (unpaired) electrons. The SMILES string of the molecule is Cn1nc2c(c1C(=O)N1C[C@H]3C[C@@H](n4cnc5ccccc54)[C@H](O)C[C@H]3C1)CCCC2. The van der Waals surface area contributed by atoms with E-state index in [4.69, 9.17) is 0 Å². The van der Waals surface area contributed by atoms with Gasteiger partial charge in [-0.15, -0.1) is 0 Å². The van der Waals surface area contributed by atoms with Crippen LogP contribution in [0.25, 0.3) is 11.0 Å². The zero-order chi connectivity index (χ0) is 21.1. The highest BCUT2D eigenvalue weighted by molar-refractivity contribution is 5.94. The highest BCUT2D eigenvalue weighted by Crippen LogP contribution is 2.42. The Morgan fingerprint density at radius 1 is 1.10 bits per heavy atom. The Morgan fingerprint density at radius 2 is 1.87 bits per heavy atom. The van der Waals surface area contributed by atoms with Crippen molar-refractivity contribution in [3.63, 3.8) is 0 Å². The van der Waals surface area contributed by atoms with Crippen LogP contribution < -0.4 is 0 Å². The summed E-state index contributed by atoms with van der Waals surface area (Å²) >= 11 is 0. The number of fused-ring (bicyclic) bond motifs is 3. The van der Waals surface area contributed by atoms with Gasteiger partial charge < -0.3 is 14.6 Å². The third-order valence-electron chi connectivity index (χ3n) is 7.76. The van der Waals surface area contributed by atoms with Gasteiger partial charge in [-0.25, -0.2) is 4.98 Å². The topological polar surface area (TPSA) is 76.2 Å². The highest BCUT2D eigenvalue weighted by Gasteiger charge is 2.44. The van der Waals surface area contributed by atoms with Gasteiger partial charge in [0.2, 0.25) is 0 Å². The van der Waals surface area contributed by atoms with Crippen molar-refractivity contribution in [2.75, 3.05) is 13.1 Å². The molecular weight excluding hydrogens is 390 g/mol. The second-order valence-electron chi connectivity index (χ2n) is 9.58. The summed E-state index contributed by atoms with van der Waals surface area (Å²) < 4.78 is 3.94. The number of carbonyl (C=O) groups excluding carboxylic acids is 1. The summed E-state index contributed by atoms with van der Waals surface area (Å²) in [4.78, 5) is 20.0. The first-order valence-electron chi connectivity index (χ1n) is 11.5. The summed E-state index contributed by atoms with van der Waals surface area (Å²) in [6, 6.07) is 8.09. The fourth-order valence-electron chi connectivity index (χ4n) is 6.21. The quantitative estimate of drug-likeness (QED) is 0.693. The van der Waals surface area contributed by atoms with Gasteiger partial charge in [0.15, 0.2) is 0 Å². The minimum atomic E-state index is -0.418. The lowest BCUT2D eigenvalue weighted by Gasteiger charge is -2.36. The Kier molecular flexibility index (Phi) is 4.42. The average molecular weight is 420 g/mol. The average Bonchev–Trinajstić information content (AvgIpc) is 3.46. The predicted octanol–water partition coefficient (Wildman–Crippen LogP) is 2.73. The van der Waals surface area contributed by atoms with Gasteiger partial charge in [-0.3, -0.25) is 9.48 Å². The largest absolute Gasteiger partial charge is 0.391 e. The fraction of sp³-hybridized carbons (Fsp3) is 0.542. The van der Waals surface area contributed by atoms with Gasteiger partial charge in [0.1, 0.15) is 5.69 Å². The number of aliphatic hydroxyl groups is 1. The van der Waals surface area contributed by atoms with E-state index in [0.717, 1.165) is 79.6 Å². The first kappa shape index (κ1) is 19.0. The van der Waals surface area contributed by atoms with Crippen molar-refractivity contribution in [2.24, 2.45) is 18.9 Å². The van der Waals surface area contributed by atoms with Crippen LogP contribution in [0.3, 0.4) is 0 Å². The van der Waals surface area contributed by atoms with Gasteiger partial charge in [-0.2, -0.15) is 5.10 Å². The maximum Gasteiger partial charge on any atom is 0.272 e. The van der Waals surface area contributed by atoms with E-state index >= 15 is 0 Å². The van der Waals surface area contributed by atoms with Gasteiger partial charge in [-0.05, 0) is 62.5 Å². The molecule has 31 heavy (non-hydrogen) atoms. The van der Waals surface area contributed by atoms with Crippen LogP contribution in [0.4, 0.5) is 0 Å². The number of rotatable bonds is 2. The Hall–Kier alpha value is -2.67. The second-order valence-corrected chi connectivity index (χ2v) is 9.58. The molecule has 3 aromatic rings. The summed E-state index contributed by atoms with van der Waals surface area (Å²) in [6.45, 7) is 1.50. The maximum atomic E-state index is 13.5. The van der Waals surface area contributed by atoms with Crippen molar-refractivity contribution in [1.82, 2.24) is 24.2 Å². The molecule has 7 nitrogen and oxygen atoms in total. The molecule has 7 heteroatoms. The van der Waals surface area contributed by atoms with Gasteiger partial charge in [0.25, 0.3) is 5.91 Å². The second kappa shape index (κ2) is 7.19. The van der Waals surface area contributed by atoms with Crippen LogP contribution >= 0.6 is 0 Å². The van der Waals surface area contributed by atoms with E-state index in [0.29, 0.717) is 11.8 Å². The monoisotopic (exact) mass is 419 g/mol. The van der Waals surface area contributed by atoms with Crippen LogP contribution in [0.15, 0.2) is 30.6 Å². The number of aryl methyl sites for hydroxylation is 2. The van der Waals surface area contributed by atoms with E-state index in [2.05, 4.69) is 20.7 Å². The smallest absolute Gasteiger partial charge is 0.272 e. The number of hydrogen-bond acceptors (Lipinski definition) is 4. The number of likely N-dealkylation sites (tertiary alicyclic amines) is 1. The molecule has 2 aliphatic carbocycles. The number of aliphatic hydroxyl groups excluding tert-OH is 1. The van der Waals surface area contributed by atoms with Crippen LogP contribution in [0.2, 0.25) is 0 Å².